The van der Waals surface area contributed by atoms with E-state index in [4.69, 9.17) is 11.6 Å². The van der Waals surface area contributed by atoms with Crippen molar-refractivity contribution < 1.29 is 9.59 Å². The third kappa shape index (κ3) is 4.44. The Balaban J connectivity index is 2.12. The number of anilines is 2. The molecule has 6 heteroatoms. The third-order valence-electron chi connectivity index (χ3n) is 3.54. The highest BCUT2D eigenvalue weighted by molar-refractivity contribution is 6.31. The summed E-state index contributed by atoms with van der Waals surface area (Å²) >= 11 is 5.97. The first kappa shape index (κ1) is 15.8. The summed E-state index contributed by atoms with van der Waals surface area (Å²) in [5, 5.41) is 9.41. The van der Waals surface area contributed by atoms with Crippen LogP contribution >= 0.6 is 11.6 Å². The summed E-state index contributed by atoms with van der Waals surface area (Å²) in [5.41, 5.74) is 1.09. The van der Waals surface area contributed by atoms with Gasteiger partial charge in [-0.1, -0.05) is 11.6 Å². The molecule has 1 aromatic carbocycles. The first-order valence-electron chi connectivity index (χ1n) is 7.07. The summed E-state index contributed by atoms with van der Waals surface area (Å²) in [7, 11) is 0. The fourth-order valence-corrected chi connectivity index (χ4v) is 2.70. The second kappa shape index (κ2) is 6.91. The smallest absolute Gasteiger partial charge is 0.227 e. The van der Waals surface area contributed by atoms with Gasteiger partial charge < -0.3 is 16.0 Å². The van der Waals surface area contributed by atoms with Crippen LogP contribution in [-0.2, 0) is 9.59 Å². The zero-order chi connectivity index (χ0) is 15.4. The van der Waals surface area contributed by atoms with Crippen molar-refractivity contribution in [3.8, 4) is 0 Å². The molecule has 1 heterocycles. The number of piperidine rings is 1. The lowest BCUT2D eigenvalue weighted by Crippen LogP contribution is -2.40. The Morgan fingerprint density at radius 2 is 2.05 bits per heavy atom. The average Bonchev–Trinajstić information content (AvgIpc) is 2.41. The monoisotopic (exact) mass is 309 g/mol. The molecule has 0 saturated carbocycles. The molecule has 1 saturated heterocycles. The Bertz CT molecular complexity index is 548. The Labute approximate surface area is 129 Å². The molecule has 0 spiro atoms. The van der Waals surface area contributed by atoms with E-state index in [2.05, 4.69) is 22.9 Å². The SMILES string of the molecule is CC(=O)Nc1ccc(Cl)cc1NC(=O)[C@H]1CCN[C@@H](C)C1. The fourth-order valence-electron chi connectivity index (χ4n) is 2.52. The predicted octanol–water partition coefficient (Wildman–Crippen LogP) is 2.62. The molecule has 2 amide bonds. The number of carbonyl (C=O) groups excluding carboxylic acids is 2. The Kier molecular flexibility index (Phi) is 5.20. The molecule has 1 fully saturated rings. The number of rotatable bonds is 3. The van der Waals surface area contributed by atoms with E-state index in [1.807, 2.05) is 0 Å². The van der Waals surface area contributed by atoms with Crippen LogP contribution in [0.4, 0.5) is 11.4 Å². The third-order valence-corrected chi connectivity index (χ3v) is 3.78. The van der Waals surface area contributed by atoms with Crippen LogP contribution in [-0.4, -0.2) is 24.4 Å². The van der Waals surface area contributed by atoms with Gasteiger partial charge in [0, 0.05) is 23.9 Å². The van der Waals surface area contributed by atoms with E-state index in [-0.39, 0.29) is 17.7 Å². The zero-order valence-corrected chi connectivity index (χ0v) is 13.0. The molecule has 0 aromatic heterocycles. The number of halogens is 1. The predicted molar refractivity (Wildman–Crippen MR) is 84.6 cm³/mol. The maximum atomic E-state index is 12.4. The highest BCUT2D eigenvalue weighted by atomic mass is 35.5. The van der Waals surface area contributed by atoms with Crippen LogP contribution in [0.15, 0.2) is 18.2 Å². The molecule has 2 rings (SSSR count). The van der Waals surface area contributed by atoms with Crippen molar-refractivity contribution in [1.29, 1.82) is 0 Å². The van der Waals surface area contributed by atoms with Gasteiger partial charge >= 0.3 is 0 Å². The van der Waals surface area contributed by atoms with Crippen LogP contribution < -0.4 is 16.0 Å². The van der Waals surface area contributed by atoms with E-state index in [1.165, 1.54) is 6.92 Å². The molecule has 1 aliphatic rings. The molecular formula is C15H20ClN3O2. The molecule has 114 valence electrons. The van der Waals surface area contributed by atoms with Crippen molar-refractivity contribution >= 4 is 34.8 Å². The molecule has 2 atom stereocenters. The van der Waals surface area contributed by atoms with Gasteiger partial charge in [-0.2, -0.15) is 0 Å². The van der Waals surface area contributed by atoms with E-state index in [9.17, 15) is 9.59 Å². The summed E-state index contributed by atoms with van der Waals surface area (Å²) in [4.78, 5) is 23.6. The lowest BCUT2D eigenvalue weighted by molar-refractivity contribution is -0.121. The number of amides is 2. The Hall–Kier alpha value is -1.59. The number of hydrogen-bond acceptors (Lipinski definition) is 3. The summed E-state index contributed by atoms with van der Waals surface area (Å²) in [5.74, 6) is -0.245. The van der Waals surface area contributed by atoms with Crippen molar-refractivity contribution in [2.45, 2.75) is 32.7 Å². The maximum absolute atomic E-state index is 12.4. The standard InChI is InChI=1S/C15H20ClN3O2/c1-9-7-11(5-6-17-9)15(21)19-14-8-12(16)3-4-13(14)18-10(2)20/h3-4,8-9,11,17H,5-7H2,1-2H3,(H,18,20)(H,19,21)/t9-,11-/m0/s1. The molecule has 0 radical (unpaired) electrons. The first-order chi connectivity index (χ1) is 9.95. The normalized spacial score (nSPS) is 21.7. The average molecular weight is 310 g/mol. The molecule has 3 N–H and O–H groups in total. The molecule has 1 aromatic rings. The van der Waals surface area contributed by atoms with E-state index in [0.717, 1.165) is 19.4 Å². The molecule has 0 unspecified atom stereocenters. The summed E-state index contributed by atoms with van der Waals surface area (Å²) in [6.45, 7) is 4.34. The van der Waals surface area contributed by atoms with Gasteiger partial charge in [-0.05, 0) is 44.5 Å². The van der Waals surface area contributed by atoms with Crippen LogP contribution in [0.2, 0.25) is 5.02 Å². The van der Waals surface area contributed by atoms with Gasteiger partial charge in [-0.15, -0.1) is 0 Å². The fraction of sp³-hybridized carbons (Fsp3) is 0.467. The van der Waals surface area contributed by atoms with E-state index >= 15 is 0 Å². The van der Waals surface area contributed by atoms with Crippen molar-refractivity contribution in [1.82, 2.24) is 5.32 Å². The number of hydrogen-bond donors (Lipinski definition) is 3. The van der Waals surface area contributed by atoms with Gasteiger partial charge in [0.2, 0.25) is 11.8 Å². The molecule has 5 nitrogen and oxygen atoms in total. The van der Waals surface area contributed by atoms with Crippen LogP contribution in [0.5, 0.6) is 0 Å². The molecule has 21 heavy (non-hydrogen) atoms. The number of nitrogens with one attached hydrogen (secondary N) is 3. The Morgan fingerprint density at radius 3 is 2.71 bits per heavy atom. The number of benzene rings is 1. The molecule has 1 aliphatic heterocycles. The van der Waals surface area contributed by atoms with Gasteiger partial charge in [0.25, 0.3) is 0 Å². The van der Waals surface area contributed by atoms with Gasteiger partial charge in [0.05, 0.1) is 11.4 Å². The first-order valence-corrected chi connectivity index (χ1v) is 7.45. The van der Waals surface area contributed by atoms with Gasteiger partial charge in [0.15, 0.2) is 0 Å². The highest BCUT2D eigenvalue weighted by Crippen LogP contribution is 2.27. The minimum atomic E-state index is -0.191. The van der Waals surface area contributed by atoms with Gasteiger partial charge in [-0.25, -0.2) is 0 Å². The van der Waals surface area contributed by atoms with Crippen LogP contribution in [0.25, 0.3) is 0 Å². The van der Waals surface area contributed by atoms with Crippen LogP contribution in [0.1, 0.15) is 26.7 Å². The second-order valence-electron chi connectivity index (χ2n) is 5.44. The van der Waals surface area contributed by atoms with E-state index in [1.54, 1.807) is 18.2 Å². The largest absolute Gasteiger partial charge is 0.325 e. The summed E-state index contributed by atoms with van der Waals surface area (Å²) < 4.78 is 0. The highest BCUT2D eigenvalue weighted by Gasteiger charge is 2.25. The lowest BCUT2D eigenvalue weighted by atomic mass is 9.92. The maximum Gasteiger partial charge on any atom is 0.227 e. The van der Waals surface area contributed by atoms with Crippen molar-refractivity contribution in [3.05, 3.63) is 23.2 Å². The lowest BCUT2D eigenvalue weighted by Gasteiger charge is -2.27. The van der Waals surface area contributed by atoms with Crippen molar-refractivity contribution in [2.24, 2.45) is 5.92 Å². The molecular weight excluding hydrogens is 290 g/mol. The second-order valence-corrected chi connectivity index (χ2v) is 5.87. The van der Waals surface area contributed by atoms with Gasteiger partial charge in [0.1, 0.15) is 0 Å². The van der Waals surface area contributed by atoms with E-state index < -0.39 is 0 Å². The van der Waals surface area contributed by atoms with Gasteiger partial charge in [-0.3, -0.25) is 9.59 Å². The summed E-state index contributed by atoms with van der Waals surface area (Å²) in [6, 6.07) is 5.35. The Morgan fingerprint density at radius 1 is 1.29 bits per heavy atom. The topological polar surface area (TPSA) is 70.2 Å². The zero-order valence-electron chi connectivity index (χ0n) is 12.2. The quantitative estimate of drug-likeness (QED) is 0.804. The molecule has 0 aliphatic carbocycles. The van der Waals surface area contributed by atoms with Crippen molar-refractivity contribution in [2.75, 3.05) is 17.2 Å². The minimum absolute atomic E-state index is 0.0228. The van der Waals surface area contributed by atoms with Crippen molar-refractivity contribution in [3.63, 3.8) is 0 Å². The minimum Gasteiger partial charge on any atom is -0.325 e. The summed E-state index contributed by atoms with van der Waals surface area (Å²) in [6.07, 6.45) is 1.62. The number of carbonyl (C=O) groups is 2. The van der Waals surface area contributed by atoms with Crippen LogP contribution in [0.3, 0.4) is 0 Å². The molecule has 0 bridgehead atoms. The van der Waals surface area contributed by atoms with Crippen LogP contribution in [0, 0.1) is 5.92 Å². The van der Waals surface area contributed by atoms with E-state index in [0.29, 0.717) is 22.4 Å².